The number of hydrogen-bond donors (Lipinski definition) is 2. The van der Waals surface area contributed by atoms with Gasteiger partial charge in [0.2, 0.25) is 11.8 Å². The Hall–Kier alpha value is -1.10. The maximum Gasteiger partial charge on any atom is 0.226 e. The number of amides is 2. The zero-order chi connectivity index (χ0) is 12.1. The summed E-state index contributed by atoms with van der Waals surface area (Å²) in [4.78, 5) is 24.5. The summed E-state index contributed by atoms with van der Waals surface area (Å²) in [6.07, 6.45) is 1.67. The lowest BCUT2D eigenvalue weighted by molar-refractivity contribution is -0.135. The molecule has 0 saturated carbocycles. The molecule has 1 fully saturated rings. The van der Waals surface area contributed by atoms with Crippen molar-refractivity contribution in [3.05, 3.63) is 0 Å². The number of carbonyl (C=O) groups excluding carboxylic acids is 2. The van der Waals surface area contributed by atoms with E-state index in [-0.39, 0.29) is 23.8 Å². The van der Waals surface area contributed by atoms with Crippen molar-refractivity contribution in [2.24, 2.45) is 11.7 Å². The molecule has 3 N–H and O–H groups in total. The first-order valence-electron chi connectivity index (χ1n) is 5.80. The average Bonchev–Trinajstić information content (AvgIpc) is 2.27. The smallest absolute Gasteiger partial charge is 0.226 e. The number of rotatable bonds is 3. The van der Waals surface area contributed by atoms with Gasteiger partial charge in [0.15, 0.2) is 0 Å². The maximum absolute atomic E-state index is 11.8. The first-order valence-corrected chi connectivity index (χ1v) is 5.80. The molecular weight excluding hydrogens is 206 g/mol. The summed E-state index contributed by atoms with van der Waals surface area (Å²) in [7, 11) is 0. The van der Waals surface area contributed by atoms with Gasteiger partial charge in [-0.2, -0.15) is 0 Å². The van der Waals surface area contributed by atoms with Gasteiger partial charge in [0.1, 0.15) is 0 Å². The Bertz CT molecular complexity index is 260. The van der Waals surface area contributed by atoms with E-state index in [4.69, 9.17) is 5.73 Å². The van der Waals surface area contributed by atoms with Crippen LogP contribution in [0.15, 0.2) is 0 Å². The molecule has 0 aromatic carbocycles. The van der Waals surface area contributed by atoms with E-state index < -0.39 is 0 Å². The SMILES string of the molecule is CC(=O)NC1CCN(C(=O)C(C)CN)CC1. The molecule has 1 unspecified atom stereocenters. The molecule has 1 heterocycles. The Morgan fingerprint density at radius 2 is 2.00 bits per heavy atom. The molecule has 1 aliphatic rings. The summed E-state index contributed by atoms with van der Waals surface area (Å²) in [5.74, 6) is 0.0289. The molecule has 0 spiro atoms. The molecule has 1 atom stereocenters. The molecule has 0 aromatic rings. The summed E-state index contributed by atoms with van der Waals surface area (Å²) in [6.45, 7) is 5.20. The molecule has 92 valence electrons. The van der Waals surface area contributed by atoms with Gasteiger partial charge in [-0.25, -0.2) is 0 Å². The van der Waals surface area contributed by atoms with Crippen LogP contribution in [0.3, 0.4) is 0 Å². The maximum atomic E-state index is 11.8. The second-order valence-corrected chi connectivity index (χ2v) is 4.44. The zero-order valence-corrected chi connectivity index (χ0v) is 10.0. The van der Waals surface area contributed by atoms with Crippen LogP contribution >= 0.6 is 0 Å². The Balaban J connectivity index is 2.37. The molecule has 2 amide bonds. The van der Waals surface area contributed by atoms with Gasteiger partial charge in [-0.05, 0) is 12.8 Å². The quantitative estimate of drug-likeness (QED) is 0.695. The van der Waals surface area contributed by atoms with Crippen molar-refractivity contribution in [1.29, 1.82) is 0 Å². The summed E-state index contributed by atoms with van der Waals surface area (Å²) < 4.78 is 0. The monoisotopic (exact) mass is 227 g/mol. The minimum atomic E-state index is -0.0997. The molecule has 5 heteroatoms. The second kappa shape index (κ2) is 5.84. The predicted molar refractivity (Wildman–Crippen MR) is 61.6 cm³/mol. The third kappa shape index (κ3) is 3.48. The summed E-state index contributed by atoms with van der Waals surface area (Å²) in [5.41, 5.74) is 5.47. The largest absolute Gasteiger partial charge is 0.353 e. The van der Waals surface area contributed by atoms with Gasteiger partial charge in [-0.3, -0.25) is 9.59 Å². The number of hydrogen-bond acceptors (Lipinski definition) is 3. The number of nitrogens with zero attached hydrogens (tertiary/aromatic N) is 1. The van der Waals surface area contributed by atoms with Crippen LogP contribution in [0.5, 0.6) is 0 Å². The van der Waals surface area contributed by atoms with Crippen molar-refractivity contribution in [3.63, 3.8) is 0 Å². The van der Waals surface area contributed by atoms with E-state index >= 15 is 0 Å². The normalized spacial score (nSPS) is 19.3. The van der Waals surface area contributed by atoms with Gasteiger partial charge in [0.25, 0.3) is 0 Å². The highest BCUT2D eigenvalue weighted by Gasteiger charge is 2.25. The van der Waals surface area contributed by atoms with Crippen LogP contribution in [0, 0.1) is 5.92 Å². The van der Waals surface area contributed by atoms with Crippen LogP contribution in [-0.2, 0) is 9.59 Å². The van der Waals surface area contributed by atoms with E-state index in [1.54, 1.807) is 0 Å². The van der Waals surface area contributed by atoms with Crippen molar-refractivity contribution in [3.8, 4) is 0 Å². The van der Waals surface area contributed by atoms with E-state index in [2.05, 4.69) is 5.32 Å². The van der Waals surface area contributed by atoms with Crippen molar-refractivity contribution in [1.82, 2.24) is 10.2 Å². The molecule has 16 heavy (non-hydrogen) atoms. The summed E-state index contributed by atoms with van der Waals surface area (Å²) in [5, 5.41) is 2.88. The van der Waals surface area contributed by atoms with Gasteiger partial charge in [-0.15, -0.1) is 0 Å². The fourth-order valence-corrected chi connectivity index (χ4v) is 1.94. The van der Waals surface area contributed by atoms with Crippen LogP contribution in [-0.4, -0.2) is 42.4 Å². The first-order chi connectivity index (χ1) is 7.54. The van der Waals surface area contributed by atoms with Crippen LogP contribution in [0.2, 0.25) is 0 Å². The number of nitrogens with one attached hydrogen (secondary N) is 1. The molecule has 1 saturated heterocycles. The molecule has 0 aromatic heterocycles. The highest BCUT2D eigenvalue weighted by molar-refractivity contribution is 5.79. The fraction of sp³-hybridized carbons (Fsp3) is 0.818. The lowest BCUT2D eigenvalue weighted by atomic mass is 10.0. The van der Waals surface area contributed by atoms with Crippen molar-refractivity contribution in [2.45, 2.75) is 32.7 Å². The van der Waals surface area contributed by atoms with E-state index in [0.717, 1.165) is 12.8 Å². The first kappa shape index (κ1) is 13.0. The van der Waals surface area contributed by atoms with E-state index in [9.17, 15) is 9.59 Å². The van der Waals surface area contributed by atoms with Gasteiger partial charge >= 0.3 is 0 Å². The standard InChI is InChI=1S/C11H21N3O2/c1-8(7-12)11(16)14-5-3-10(4-6-14)13-9(2)15/h8,10H,3-7,12H2,1-2H3,(H,13,15). The molecule has 5 nitrogen and oxygen atoms in total. The molecule has 1 aliphatic heterocycles. The zero-order valence-electron chi connectivity index (χ0n) is 10.0. The third-order valence-electron chi connectivity index (χ3n) is 2.99. The fourth-order valence-electron chi connectivity index (χ4n) is 1.94. The third-order valence-corrected chi connectivity index (χ3v) is 2.99. The molecule has 1 rings (SSSR count). The van der Waals surface area contributed by atoms with Gasteiger partial charge in [0.05, 0.1) is 0 Å². The number of carbonyl (C=O) groups is 2. The minimum absolute atomic E-state index is 0.0000952. The highest BCUT2D eigenvalue weighted by atomic mass is 16.2. The summed E-state index contributed by atoms with van der Waals surface area (Å²) in [6, 6.07) is 0.217. The van der Waals surface area contributed by atoms with Gasteiger partial charge in [-0.1, -0.05) is 6.92 Å². The van der Waals surface area contributed by atoms with E-state index in [1.165, 1.54) is 6.92 Å². The van der Waals surface area contributed by atoms with E-state index in [0.29, 0.717) is 19.6 Å². The van der Waals surface area contributed by atoms with Crippen LogP contribution in [0.25, 0.3) is 0 Å². The lowest BCUT2D eigenvalue weighted by Crippen LogP contribution is -2.48. The van der Waals surface area contributed by atoms with Crippen molar-refractivity contribution in [2.75, 3.05) is 19.6 Å². The number of piperidine rings is 1. The lowest BCUT2D eigenvalue weighted by Gasteiger charge is -2.33. The highest BCUT2D eigenvalue weighted by Crippen LogP contribution is 2.12. The van der Waals surface area contributed by atoms with E-state index in [1.807, 2.05) is 11.8 Å². The van der Waals surface area contributed by atoms with Crippen molar-refractivity contribution >= 4 is 11.8 Å². The number of likely N-dealkylation sites (tertiary alicyclic amines) is 1. The van der Waals surface area contributed by atoms with Gasteiger partial charge < -0.3 is 16.0 Å². The Kier molecular flexibility index (Phi) is 4.73. The molecule has 0 aliphatic carbocycles. The Morgan fingerprint density at radius 3 is 2.44 bits per heavy atom. The molecular formula is C11H21N3O2. The van der Waals surface area contributed by atoms with Crippen LogP contribution in [0.1, 0.15) is 26.7 Å². The molecule has 0 bridgehead atoms. The van der Waals surface area contributed by atoms with Gasteiger partial charge in [0, 0.05) is 38.5 Å². The topological polar surface area (TPSA) is 75.4 Å². The Morgan fingerprint density at radius 1 is 1.44 bits per heavy atom. The average molecular weight is 227 g/mol. The van der Waals surface area contributed by atoms with Crippen LogP contribution in [0.4, 0.5) is 0 Å². The van der Waals surface area contributed by atoms with Crippen molar-refractivity contribution < 1.29 is 9.59 Å². The number of nitrogens with two attached hydrogens (primary N) is 1. The predicted octanol–water partition coefficient (Wildman–Crippen LogP) is -0.292. The molecule has 0 radical (unpaired) electrons. The second-order valence-electron chi connectivity index (χ2n) is 4.44. The summed E-state index contributed by atoms with van der Waals surface area (Å²) >= 11 is 0. The minimum Gasteiger partial charge on any atom is -0.353 e. The Labute approximate surface area is 96.4 Å². The van der Waals surface area contributed by atoms with Crippen LogP contribution < -0.4 is 11.1 Å².